The minimum absolute atomic E-state index is 0.337. The Hall–Kier alpha value is -1.26. The second-order valence-corrected chi connectivity index (χ2v) is 5.32. The van der Waals surface area contributed by atoms with Crippen LogP contribution in [0.1, 0.15) is 42.6 Å². The summed E-state index contributed by atoms with van der Waals surface area (Å²) in [6, 6.07) is 4.39. The van der Waals surface area contributed by atoms with Gasteiger partial charge in [-0.3, -0.25) is 4.98 Å². The molecular formula is C14H19N3S. The highest BCUT2D eigenvalue weighted by Gasteiger charge is 2.09. The van der Waals surface area contributed by atoms with Gasteiger partial charge in [-0.05, 0) is 31.5 Å². The number of hydrogen-bond acceptors (Lipinski definition) is 4. The molecule has 18 heavy (non-hydrogen) atoms. The highest BCUT2D eigenvalue weighted by Crippen LogP contribution is 2.18. The van der Waals surface area contributed by atoms with Crippen LogP contribution in [0.25, 0.3) is 0 Å². The quantitative estimate of drug-likeness (QED) is 0.868. The minimum atomic E-state index is 0.337. The Morgan fingerprint density at radius 3 is 3.06 bits per heavy atom. The molecule has 0 spiro atoms. The summed E-state index contributed by atoms with van der Waals surface area (Å²) in [5.74, 6) is 0. The fourth-order valence-corrected chi connectivity index (χ4v) is 2.67. The van der Waals surface area contributed by atoms with Gasteiger partial charge in [0.15, 0.2) is 0 Å². The fourth-order valence-electron chi connectivity index (χ4n) is 1.75. The molecule has 0 bridgehead atoms. The second kappa shape index (κ2) is 6.61. The third kappa shape index (κ3) is 3.62. The summed E-state index contributed by atoms with van der Waals surface area (Å²) in [6.45, 7) is 5.38. The topological polar surface area (TPSA) is 37.8 Å². The Bertz CT molecular complexity index is 467. The smallest absolute Gasteiger partial charge is 0.0973 e. The summed E-state index contributed by atoms with van der Waals surface area (Å²) in [4.78, 5) is 8.81. The van der Waals surface area contributed by atoms with Crippen LogP contribution < -0.4 is 5.32 Å². The van der Waals surface area contributed by atoms with E-state index in [2.05, 4.69) is 40.6 Å². The molecule has 0 aromatic carbocycles. The third-order valence-electron chi connectivity index (χ3n) is 2.79. The summed E-state index contributed by atoms with van der Waals surface area (Å²) in [6.07, 6.45) is 5.73. The molecule has 96 valence electrons. The van der Waals surface area contributed by atoms with Crippen LogP contribution in [0.2, 0.25) is 0 Å². The zero-order chi connectivity index (χ0) is 12.8. The fraction of sp³-hybridized carbons (Fsp3) is 0.429. The normalized spacial score (nSPS) is 12.6. The van der Waals surface area contributed by atoms with Crippen LogP contribution in [-0.4, -0.2) is 16.5 Å². The van der Waals surface area contributed by atoms with Crippen LogP contribution in [0.4, 0.5) is 0 Å². The van der Waals surface area contributed by atoms with Crippen LogP contribution in [0.5, 0.6) is 0 Å². The summed E-state index contributed by atoms with van der Waals surface area (Å²) >= 11 is 1.73. The van der Waals surface area contributed by atoms with Crippen molar-refractivity contribution < 1.29 is 0 Å². The van der Waals surface area contributed by atoms with Crippen LogP contribution in [0, 0.1) is 0 Å². The maximum atomic E-state index is 4.69. The number of aromatic nitrogens is 2. The molecule has 0 radical (unpaired) electrons. The third-order valence-corrected chi connectivity index (χ3v) is 3.66. The van der Waals surface area contributed by atoms with Gasteiger partial charge in [-0.15, -0.1) is 11.3 Å². The van der Waals surface area contributed by atoms with E-state index in [-0.39, 0.29) is 0 Å². The number of nitrogens with one attached hydrogen (secondary N) is 1. The molecule has 0 aliphatic carbocycles. The van der Waals surface area contributed by atoms with Crippen molar-refractivity contribution in [2.75, 3.05) is 6.54 Å². The van der Waals surface area contributed by atoms with Crippen LogP contribution in [0.3, 0.4) is 0 Å². The Morgan fingerprint density at radius 1 is 1.44 bits per heavy atom. The number of thiazole rings is 1. The lowest BCUT2D eigenvalue weighted by atomic mass is 10.2. The first-order chi connectivity index (χ1) is 8.79. The van der Waals surface area contributed by atoms with Gasteiger partial charge in [-0.1, -0.05) is 13.0 Å². The van der Waals surface area contributed by atoms with Gasteiger partial charge in [-0.25, -0.2) is 4.98 Å². The molecule has 0 aliphatic rings. The van der Waals surface area contributed by atoms with Crippen molar-refractivity contribution in [1.29, 1.82) is 0 Å². The Labute approximate surface area is 112 Å². The lowest BCUT2D eigenvalue weighted by Crippen LogP contribution is -2.19. The largest absolute Gasteiger partial charge is 0.309 e. The molecule has 2 aromatic rings. The monoisotopic (exact) mass is 261 g/mol. The van der Waals surface area contributed by atoms with E-state index in [1.807, 2.05) is 12.3 Å². The average molecular weight is 261 g/mol. The predicted octanol–water partition coefficient (Wildman–Crippen LogP) is 3.19. The van der Waals surface area contributed by atoms with E-state index < -0.39 is 0 Å². The van der Waals surface area contributed by atoms with Gasteiger partial charge in [0.25, 0.3) is 0 Å². The van der Waals surface area contributed by atoms with Crippen molar-refractivity contribution in [3.63, 3.8) is 0 Å². The maximum Gasteiger partial charge on any atom is 0.0973 e. The molecule has 0 saturated heterocycles. The molecule has 2 rings (SSSR count). The van der Waals surface area contributed by atoms with Crippen molar-refractivity contribution >= 4 is 11.3 Å². The maximum absolute atomic E-state index is 4.69. The number of rotatable bonds is 6. The van der Waals surface area contributed by atoms with E-state index in [9.17, 15) is 0 Å². The van der Waals surface area contributed by atoms with E-state index in [1.54, 1.807) is 17.5 Å². The molecule has 0 amide bonds. The van der Waals surface area contributed by atoms with E-state index in [0.29, 0.717) is 6.04 Å². The number of nitrogens with zero attached hydrogens (tertiary/aromatic N) is 2. The van der Waals surface area contributed by atoms with Crippen molar-refractivity contribution in [3.8, 4) is 0 Å². The molecule has 0 fully saturated rings. The number of hydrogen-bond donors (Lipinski definition) is 1. The summed E-state index contributed by atoms with van der Waals surface area (Å²) in [5.41, 5.74) is 2.36. The lowest BCUT2D eigenvalue weighted by Gasteiger charge is -2.09. The van der Waals surface area contributed by atoms with Gasteiger partial charge in [0.2, 0.25) is 0 Å². The molecule has 1 atom stereocenters. The Kier molecular flexibility index (Phi) is 4.84. The Morgan fingerprint density at radius 2 is 2.33 bits per heavy atom. The highest BCUT2D eigenvalue weighted by molar-refractivity contribution is 7.09. The number of pyridine rings is 1. The van der Waals surface area contributed by atoms with Gasteiger partial charge in [0, 0.05) is 30.2 Å². The standard InChI is InChI=1S/C14H19N3S/c1-3-6-16-11(2)13-10-18-14(17-13)8-12-5-4-7-15-9-12/h4-5,7,9-11,16H,3,6,8H2,1-2H3. The van der Waals surface area contributed by atoms with Crippen LogP contribution >= 0.6 is 11.3 Å². The molecule has 2 heterocycles. The van der Waals surface area contributed by atoms with Gasteiger partial charge in [0.05, 0.1) is 10.7 Å². The molecular weight excluding hydrogens is 242 g/mol. The first kappa shape index (κ1) is 13.2. The van der Waals surface area contributed by atoms with Crippen molar-refractivity contribution in [1.82, 2.24) is 15.3 Å². The first-order valence-electron chi connectivity index (χ1n) is 6.36. The zero-order valence-corrected chi connectivity index (χ0v) is 11.7. The zero-order valence-electron chi connectivity index (χ0n) is 10.9. The summed E-state index contributed by atoms with van der Waals surface area (Å²) in [7, 11) is 0. The van der Waals surface area contributed by atoms with Crippen LogP contribution in [0.15, 0.2) is 29.9 Å². The molecule has 2 aromatic heterocycles. The predicted molar refractivity (Wildman–Crippen MR) is 75.9 cm³/mol. The van der Waals surface area contributed by atoms with E-state index in [1.165, 1.54) is 5.56 Å². The van der Waals surface area contributed by atoms with Gasteiger partial charge < -0.3 is 5.32 Å². The van der Waals surface area contributed by atoms with Crippen molar-refractivity contribution in [2.45, 2.75) is 32.7 Å². The van der Waals surface area contributed by atoms with Gasteiger partial charge in [0.1, 0.15) is 0 Å². The first-order valence-corrected chi connectivity index (χ1v) is 7.24. The average Bonchev–Trinajstić information content (AvgIpc) is 2.86. The van der Waals surface area contributed by atoms with Crippen molar-refractivity contribution in [3.05, 3.63) is 46.2 Å². The molecule has 0 aliphatic heterocycles. The molecule has 1 N–H and O–H groups in total. The van der Waals surface area contributed by atoms with E-state index >= 15 is 0 Å². The Balaban J connectivity index is 1.98. The molecule has 4 heteroatoms. The second-order valence-electron chi connectivity index (χ2n) is 4.38. The van der Waals surface area contributed by atoms with E-state index in [0.717, 1.165) is 30.1 Å². The van der Waals surface area contributed by atoms with Gasteiger partial charge >= 0.3 is 0 Å². The van der Waals surface area contributed by atoms with E-state index in [4.69, 9.17) is 0 Å². The lowest BCUT2D eigenvalue weighted by molar-refractivity contribution is 0.560. The molecule has 3 nitrogen and oxygen atoms in total. The molecule has 1 unspecified atom stereocenters. The van der Waals surface area contributed by atoms with Crippen LogP contribution in [-0.2, 0) is 6.42 Å². The summed E-state index contributed by atoms with van der Waals surface area (Å²) < 4.78 is 0. The van der Waals surface area contributed by atoms with Gasteiger partial charge in [-0.2, -0.15) is 0 Å². The van der Waals surface area contributed by atoms with Crippen molar-refractivity contribution in [2.24, 2.45) is 0 Å². The summed E-state index contributed by atoms with van der Waals surface area (Å²) in [5, 5.41) is 6.77. The molecule has 0 saturated carbocycles. The minimum Gasteiger partial charge on any atom is -0.309 e. The highest BCUT2D eigenvalue weighted by atomic mass is 32.1. The SMILES string of the molecule is CCCNC(C)c1csc(Cc2cccnc2)n1.